The van der Waals surface area contributed by atoms with Gasteiger partial charge in [-0.15, -0.1) is 0 Å². The van der Waals surface area contributed by atoms with E-state index < -0.39 is 5.41 Å². The molecule has 0 saturated heterocycles. The van der Waals surface area contributed by atoms with E-state index in [2.05, 4.69) is 20.9 Å². The van der Waals surface area contributed by atoms with Crippen LogP contribution in [0.1, 0.15) is 19.4 Å². The molecule has 0 aromatic carbocycles. The number of hydrogen-bond donors (Lipinski definition) is 0. The number of halogens is 1. The minimum absolute atomic E-state index is 0.437. The average Bonchev–Trinajstić information content (AvgIpc) is 2.05. The number of aromatic nitrogens is 1. The van der Waals surface area contributed by atoms with E-state index in [9.17, 15) is 4.79 Å². The van der Waals surface area contributed by atoms with Gasteiger partial charge in [0.15, 0.2) is 0 Å². The van der Waals surface area contributed by atoms with Crippen LogP contribution in [0, 0.1) is 0 Å². The zero-order valence-electron chi connectivity index (χ0n) is 7.04. The second kappa shape index (κ2) is 3.35. The lowest BCUT2D eigenvalue weighted by Crippen LogP contribution is -2.18. The van der Waals surface area contributed by atoms with Gasteiger partial charge < -0.3 is 4.79 Å². The molecule has 1 aromatic rings. The molecule has 0 saturated carbocycles. The summed E-state index contributed by atoms with van der Waals surface area (Å²) in [6.07, 6.45) is 2.64. The van der Waals surface area contributed by atoms with Crippen molar-refractivity contribution < 1.29 is 4.79 Å². The Morgan fingerprint density at radius 1 is 1.50 bits per heavy atom. The van der Waals surface area contributed by atoms with Gasteiger partial charge in [0.25, 0.3) is 0 Å². The van der Waals surface area contributed by atoms with E-state index >= 15 is 0 Å². The number of nitrogens with zero attached hydrogens (tertiary/aromatic N) is 1. The summed E-state index contributed by atoms with van der Waals surface area (Å²) in [6, 6.07) is 3.73. The van der Waals surface area contributed by atoms with E-state index in [0.717, 1.165) is 16.5 Å². The van der Waals surface area contributed by atoms with Crippen LogP contribution in [0.25, 0.3) is 0 Å². The van der Waals surface area contributed by atoms with Gasteiger partial charge in [-0.05, 0) is 41.4 Å². The Balaban J connectivity index is 3.04. The third kappa shape index (κ3) is 1.91. The summed E-state index contributed by atoms with van der Waals surface area (Å²) < 4.78 is 0.785. The van der Waals surface area contributed by atoms with Crippen LogP contribution in [0.5, 0.6) is 0 Å². The lowest BCUT2D eigenvalue weighted by molar-refractivity contribution is -0.111. The molecular weight excluding hydrogens is 218 g/mol. The molecule has 0 aliphatic carbocycles. The minimum Gasteiger partial charge on any atom is -0.302 e. The Kier molecular flexibility index (Phi) is 2.62. The van der Waals surface area contributed by atoms with Crippen LogP contribution in [-0.2, 0) is 10.2 Å². The Labute approximate surface area is 80.1 Å². The van der Waals surface area contributed by atoms with Crippen LogP contribution in [0.15, 0.2) is 22.9 Å². The molecule has 1 aromatic heterocycles. The second-order valence-electron chi connectivity index (χ2n) is 3.21. The molecule has 2 nitrogen and oxygen atoms in total. The van der Waals surface area contributed by atoms with Crippen LogP contribution in [0.4, 0.5) is 0 Å². The monoisotopic (exact) mass is 227 g/mol. The quantitative estimate of drug-likeness (QED) is 0.574. The van der Waals surface area contributed by atoms with Crippen molar-refractivity contribution in [1.82, 2.24) is 4.98 Å². The number of rotatable bonds is 2. The maximum absolute atomic E-state index is 10.7. The van der Waals surface area contributed by atoms with Gasteiger partial charge in [-0.1, -0.05) is 6.07 Å². The van der Waals surface area contributed by atoms with Gasteiger partial charge in [0.2, 0.25) is 0 Å². The zero-order chi connectivity index (χ0) is 9.19. The van der Waals surface area contributed by atoms with Crippen molar-refractivity contribution in [1.29, 1.82) is 0 Å². The van der Waals surface area contributed by atoms with Gasteiger partial charge in [-0.3, -0.25) is 0 Å². The van der Waals surface area contributed by atoms with Crippen LogP contribution in [0.3, 0.4) is 0 Å². The van der Waals surface area contributed by atoms with Crippen LogP contribution in [0.2, 0.25) is 0 Å². The van der Waals surface area contributed by atoms with E-state index in [-0.39, 0.29) is 0 Å². The lowest BCUT2D eigenvalue weighted by atomic mass is 9.88. The van der Waals surface area contributed by atoms with Crippen LogP contribution < -0.4 is 0 Å². The molecule has 0 spiro atoms. The topological polar surface area (TPSA) is 30.0 Å². The third-order valence-electron chi connectivity index (χ3n) is 1.77. The van der Waals surface area contributed by atoms with E-state index in [1.165, 1.54) is 0 Å². The van der Waals surface area contributed by atoms with Crippen LogP contribution in [-0.4, -0.2) is 11.3 Å². The molecular formula is C9H10BrNO. The zero-order valence-corrected chi connectivity index (χ0v) is 8.63. The molecule has 0 radical (unpaired) electrons. The van der Waals surface area contributed by atoms with Gasteiger partial charge in [-0.2, -0.15) is 0 Å². The fourth-order valence-corrected chi connectivity index (χ4v) is 1.06. The highest BCUT2D eigenvalue weighted by atomic mass is 79.9. The van der Waals surface area contributed by atoms with Gasteiger partial charge in [0, 0.05) is 11.6 Å². The Morgan fingerprint density at radius 3 is 2.58 bits per heavy atom. The van der Waals surface area contributed by atoms with Gasteiger partial charge in [-0.25, -0.2) is 4.98 Å². The maximum atomic E-state index is 10.7. The molecule has 0 aliphatic heterocycles. The van der Waals surface area contributed by atoms with Gasteiger partial charge in [0.1, 0.15) is 10.9 Å². The standard InChI is InChI=1S/C9H10BrNO/c1-9(2,6-12)7-3-4-8(10)11-5-7/h3-6H,1-2H3. The number of aldehydes is 1. The molecule has 1 heterocycles. The van der Waals surface area contributed by atoms with Crippen molar-refractivity contribution in [2.24, 2.45) is 0 Å². The first kappa shape index (κ1) is 9.39. The summed E-state index contributed by atoms with van der Waals surface area (Å²) in [5, 5.41) is 0. The highest BCUT2D eigenvalue weighted by molar-refractivity contribution is 9.10. The molecule has 0 atom stereocenters. The van der Waals surface area contributed by atoms with Crippen molar-refractivity contribution in [3.05, 3.63) is 28.5 Å². The predicted octanol–water partition coefficient (Wildman–Crippen LogP) is 2.32. The highest BCUT2D eigenvalue weighted by Gasteiger charge is 2.19. The number of carbonyl (C=O) groups excluding carboxylic acids is 1. The Bertz CT molecular complexity index is 279. The summed E-state index contributed by atoms with van der Waals surface area (Å²) >= 11 is 3.23. The molecule has 0 aliphatic rings. The molecule has 1 rings (SSSR count). The first-order valence-corrected chi connectivity index (χ1v) is 4.44. The summed E-state index contributed by atoms with van der Waals surface area (Å²) in [5.74, 6) is 0. The smallest absolute Gasteiger partial charge is 0.130 e. The molecule has 0 bridgehead atoms. The normalized spacial score (nSPS) is 11.2. The van der Waals surface area contributed by atoms with E-state index in [1.54, 1.807) is 6.20 Å². The number of hydrogen-bond acceptors (Lipinski definition) is 2. The molecule has 0 unspecified atom stereocenters. The van der Waals surface area contributed by atoms with Crippen molar-refractivity contribution in [2.45, 2.75) is 19.3 Å². The van der Waals surface area contributed by atoms with Crippen molar-refractivity contribution >= 4 is 22.2 Å². The van der Waals surface area contributed by atoms with Gasteiger partial charge in [0.05, 0.1) is 0 Å². The largest absolute Gasteiger partial charge is 0.302 e. The van der Waals surface area contributed by atoms with Crippen LogP contribution >= 0.6 is 15.9 Å². The Hall–Kier alpha value is -0.700. The number of pyridine rings is 1. The molecule has 0 N–H and O–H groups in total. The highest BCUT2D eigenvalue weighted by Crippen LogP contribution is 2.20. The minimum atomic E-state index is -0.437. The SMILES string of the molecule is CC(C)(C=O)c1ccc(Br)nc1. The van der Waals surface area contributed by atoms with E-state index in [0.29, 0.717) is 0 Å². The first-order chi connectivity index (χ1) is 5.56. The van der Waals surface area contributed by atoms with Crippen molar-refractivity contribution in [2.75, 3.05) is 0 Å². The summed E-state index contributed by atoms with van der Waals surface area (Å²) in [5.41, 5.74) is 0.494. The van der Waals surface area contributed by atoms with E-state index in [4.69, 9.17) is 0 Å². The molecule has 0 fully saturated rings. The van der Waals surface area contributed by atoms with Crippen molar-refractivity contribution in [3.8, 4) is 0 Å². The molecule has 64 valence electrons. The number of carbonyl (C=O) groups is 1. The third-order valence-corrected chi connectivity index (χ3v) is 2.24. The van der Waals surface area contributed by atoms with Crippen molar-refractivity contribution in [3.63, 3.8) is 0 Å². The second-order valence-corrected chi connectivity index (χ2v) is 4.02. The Morgan fingerprint density at radius 2 is 2.17 bits per heavy atom. The summed E-state index contributed by atoms with van der Waals surface area (Å²) in [7, 11) is 0. The predicted molar refractivity (Wildman–Crippen MR) is 51.0 cm³/mol. The maximum Gasteiger partial charge on any atom is 0.130 e. The average molecular weight is 228 g/mol. The fourth-order valence-electron chi connectivity index (χ4n) is 0.825. The molecule has 3 heteroatoms. The summed E-state index contributed by atoms with van der Waals surface area (Å²) in [6.45, 7) is 3.73. The summed E-state index contributed by atoms with van der Waals surface area (Å²) in [4.78, 5) is 14.7. The molecule has 12 heavy (non-hydrogen) atoms. The lowest BCUT2D eigenvalue weighted by Gasteiger charge is -2.16. The first-order valence-electron chi connectivity index (χ1n) is 3.64. The molecule has 0 amide bonds. The van der Waals surface area contributed by atoms with E-state index in [1.807, 2.05) is 26.0 Å². The fraction of sp³-hybridized carbons (Fsp3) is 0.333. The van der Waals surface area contributed by atoms with Gasteiger partial charge >= 0.3 is 0 Å².